The van der Waals surface area contributed by atoms with E-state index in [0.29, 0.717) is 16.8 Å². The van der Waals surface area contributed by atoms with Gasteiger partial charge in [0.1, 0.15) is 12.4 Å². The van der Waals surface area contributed by atoms with Gasteiger partial charge in [0.25, 0.3) is 5.56 Å². The first-order valence-electron chi connectivity index (χ1n) is 8.00. The molecule has 0 aromatic carbocycles. The summed E-state index contributed by atoms with van der Waals surface area (Å²) in [4.78, 5) is 23.4. The minimum atomic E-state index is -4.32. The summed E-state index contributed by atoms with van der Waals surface area (Å²) in [7, 11) is 0. The second-order valence-corrected chi connectivity index (χ2v) is 5.69. The van der Waals surface area contributed by atoms with Gasteiger partial charge in [-0.25, -0.2) is 19.0 Å². The molecule has 0 atom stereocenters. The number of alkyl halides is 3. The third-order valence-electron chi connectivity index (χ3n) is 3.50. The van der Waals surface area contributed by atoms with Gasteiger partial charge >= 0.3 is 12.2 Å². The van der Waals surface area contributed by atoms with E-state index in [1.54, 1.807) is 0 Å². The topological polar surface area (TPSA) is 82.8 Å². The quantitative estimate of drug-likeness (QED) is 0.597. The summed E-state index contributed by atoms with van der Waals surface area (Å²) in [6, 6.07) is 3.77. The van der Waals surface area contributed by atoms with Crippen molar-refractivity contribution >= 4 is 0 Å². The molecule has 0 unspecified atom stereocenters. The van der Waals surface area contributed by atoms with Crippen molar-refractivity contribution in [3.05, 3.63) is 64.7 Å². The highest BCUT2D eigenvalue weighted by molar-refractivity contribution is 5.55. The number of aromatic nitrogens is 5. The van der Waals surface area contributed by atoms with Crippen LogP contribution in [0.2, 0.25) is 0 Å². The van der Waals surface area contributed by atoms with Crippen LogP contribution in [0.5, 0.6) is 6.01 Å². The van der Waals surface area contributed by atoms with Crippen LogP contribution in [0.25, 0.3) is 11.3 Å². The van der Waals surface area contributed by atoms with E-state index in [4.69, 9.17) is 4.74 Å². The Kier molecular flexibility index (Phi) is 5.62. The number of hydrogen-bond acceptors (Lipinski definition) is 6. The normalized spacial score (nSPS) is 11.4. The summed E-state index contributed by atoms with van der Waals surface area (Å²) >= 11 is 0. The van der Waals surface area contributed by atoms with Crippen molar-refractivity contribution in [3.63, 3.8) is 0 Å². The van der Waals surface area contributed by atoms with E-state index in [-0.39, 0.29) is 12.6 Å². The predicted molar refractivity (Wildman–Crippen MR) is 89.0 cm³/mol. The maximum atomic E-state index is 13.2. The number of nitrogens with zero attached hydrogens (tertiary/aromatic N) is 5. The summed E-state index contributed by atoms with van der Waals surface area (Å²) in [5, 5.41) is 4.18. The van der Waals surface area contributed by atoms with Crippen LogP contribution in [-0.2, 0) is 6.54 Å². The lowest BCUT2D eigenvalue weighted by Crippen LogP contribution is -2.23. The molecule has 28 heavy (non-hydrogen) atoms. The van der Waals surface area contributed by atoms with Gasteiger partial charge < -0.3 is 4.74 Å². The van der Waals surface area contributed by atoms with Gasteiger partial charge in [-0.05, 0) is 17.7 Å². The predicted octanol–water partition coefficient (Wildman–Crippen LogP) is 2.61. The van der Waals surface area contributed by atoms with Gasteiger partial charge in [0, 0.05) is 30.2 Å². The summed E-state index contributed by atoms with van der Waals surface area (Å²) in [6.07, 6.45) is -0.339. The zero-order valence-corrected chi connectivity index (χ0v) is 14.2. The van der Waals surface area contributed by atoms with E-state index in [2.05, 4.69) is 20.1 Å². The minimum absolute atomic E-state index is 0.0108. The molecule has 3 aromatic rings. The van der Waals surface area contributed by atoms with Crippen LogP contribution in [0, 0.1) is 5.82 Å². The smallest absolute Gasteiger partial charge is 0.392 e. The van der Waals surface area contributed by atoms with Crippen LogP contribution in [0.3, 0.4) is 0 Å². The second kappa shape index (κ2) is 8.11. The fraction of sp³-hybridized carbons (Fsp3) is 0.235. The fourth-order valence-corrected chi connectivity index (χ4v) is 2.21. The molecule has 0 N–H and O–H groups in total. The molecule has 146 valence electrons. The Balaban J connectivity index is 1.74. The van der Waals surface area contributed by atoms with E-state index in [1.165, 1.54) is 36.8 Å². The molecule has 7 nitrogen and oxygen atoms in total. The molecule has 0 radical (unpaired) electrons. The maximum absolute atomic E-state index is 13.2. The average Bonchev–Trinajstić information content (AvgIpc) is 2.63. The number of halogens is 4. The third-order valence-corrected chi connectivity index (χ3v) is 3.50. The Morgan fingerprint density at radius 3 is 2.50 bits per heavy atom. The Morgan fingerprint density at radius 2 is 1.82 bits per heavy atom. The van der Waals surface area contributed by atoms with Crippen LogP contribution < -0.4 is 10.3 Å². The third kappa shape index (κ3) is 5.32. The van der Waals surface area contributed by atoms with Crippen molar-refractivity contribution in [2.75, 3.05) is 6.61 Å². The Morgan fingerprint density at radius 1 is 1.07 bits per heavy atom. The minimum Gasteiger partial charge on any atom is -0.463 e. The van der Waals surface area contributed by atoms with E-state index in [9.17, 15) is 22.4 Å². The molecule has 11 heteroatoms. The lowest BCUT2D eigenvalue weighted by atomic mass is 10.2. The summed E-state index contributed by atoms with van der Waals surface area (Å²) in [5.41, 5.74) is 0.831. The summed E-state index contributed by atoms with van der Waals surface area (Å²) in [6.45, 7) is -0.579. The summed E-state index contributed by atoms with van der Waals surface area (Å²) in [5.74, 6) is -0.531. The molecule has 3 aromatic heterocycles. The first-order chi connectivity index (χ1) is 13.3. The van der Waals surface area contributed by atoms with E-state index in [1.807, 2.05) is 0 Å². The monoisotopic (exact) mass is 395 g/mol. The molecule has 0 spiro atoms. The molecular formula is C17H13F4N5O2. The first-order valence-corrected chi connectivity index (χ1v) is 8.00. The van der Waals surface area contributed by atoms with Gasteiger partial charge in [-0.15, -0.1) is 0 Å². The van der Waals surface area contributed by atoms with Gasteiger partial charge in [-0.1, -0.05) is 0 Å². The molecular weight excluding hydrogens is 382 g/mol. The van der Waals surface area contributed by atoms with Gasteiger partial charge in [-0.2, -0.15) is 18.3 Å². The molecule has 0 saturated carbocycles. The van der Waals surface area contributed by atoms with E-state index in [0.717, 1.165) is 10.9 Å². The van der Waals surface area contributed by atoms with Crippen molar-refractivity contribution in [3.8, 4) is 17.3 Å². The van der Waals surface area contributed by atoms with Crippen LogP contribution in [0.4, 0.5) is 17.6 Å². The Hall–Kier alpha value is -3.37. The Bertz CT molecular complexity index is 1010. The summed E-state index contributed by atoms with van der Waals surface area (Å²) < 4.78 is 55.5. The van der Waals surface area contributed by atoms with Crippen molar-refractivity contribution < 1.29 is 22.3 Å². The number of rotatable bonds is 6. The van der Waals surface area contributed by atoms with Gasteiger partial charge in [0.15, 0.2) is 0 Å². The molecule has 3 heterocycles. The van der Waals surface area contributed by atoms with Crippen LogP contribution in [0.1, 0.15) is 12.0 Å². The molecule has 0 aliphatic carbocycles. The molecule has 0 amide bonds. The molecule has 0 saturated heterocycles. The van der Waals surface area contributed by atoms with Gasteiger partial charge in [-0.3, -0.25) is 9.78 Å². The standard InChI is InChI=1S/C17H13F4N5O2/c18-13-5-11(6-22-9-13)10-26-15(27)2-1-14(25-26)12-7-23-16(24-8-12)28-4-3-17(19,20)21/h1-2,5-9H,3-4,10H2. The number of ether oxygens (including phenoxy) is 1. The van der Waals surface area contributed by atoms with Gasteiger partial charge in [0.2, 0.25) is 0 Å². The van der Waals surface area contributed by atoms with Crippen LogP contribution in [-0.4, -0.2) is 37.5 Å². The van der Waals surface area contributed by atoms with Crippen molar-refractivity contribution in [1.29, 1.82) is 0 Å². The largest absolute Gasteiger partial charge is 0.463 e. The fourth-order valence-electron chi connectivity index (χ4n) is 2.21. The zero-order valence-electron chi connectivity index (χ0n) is 14.2. The van der Waals surface area contributed by atoms with Gasteiger partial charge in [0.05, 0.1) is 24.9 Å². The van der Waals surface area contributed by atoms with Crippen LogP contribution in [0.15, 0.2) is 47.8 Å². The Labute approximate surface area is 155 Å². The van der Waals surface area contributed by atoms with E-state index >= 15 is 0 Å². The van der Waals surface area contributed by atoms with Crippen molar-refractivity contribution in [1.82, 2.24) is 24.7 Å². The lowest BCUT2D eigenvalue weighted by molar-refractivity contribution is -0.139. The highest BCUT2D eigenvalue weighted by Crippen LogP contribution is 2.20. The SMILES string of the molecule is O=c1ccc(-c2cnc(OCCC(F)(F)F)nc2)nn1Cc1cncc(F)c1. The average molecular weight is 395 g/mol. The maximum Gasteiger partial charge on any atom is 0.392 e. The molecule has 0 aliphatic heterocycles. The molecule has 0 bridgehead atoms. The zero-order chi connectivity index (χ0) is 20.1. The molecule has 0 aliphatic rings. The highest BCUT2D eigenvalue weighted by atomic mass is 19.4. The molecule has 3 rings (SSSR count). The van der Waals surface area contributed by atoms with Crippen LogP contribution >= 0.6 is 0 Å². The highest BCUT2D eigenvalue weighted by Gasteiger charge is 2.27. The number of pyridine rings is 1. The lowest BCUT2D eigenvalue weighted by Gasteiger charge is -2.08. The second-order valence-electron chi connectivity index (χ2n) is 5.69. The molecule has 0 fully saturated rings. The van der Waals surface area contributed by atoms with Crippen molar-refractivity contribution in [2.45, 2.75) is 19.1 Å². The van der Waals surface area contributed by atoms with E-state index < -0.39 is 30.6 Å². The first kappa shape index (κ1) is 19.4. The van der Waals surface area contributed by atoms with Crippen molar-refractivity contribution in [2.24, 2.45) is 0 Å². The number of hydrogen-bond donors (Lipinski definition) is 0.